The minimum atomic E-state index is -1.49. The van der Waals surface area contributed by atoms with Crippen LogP contribution in [-0.2, 0) is 16.0 Å². The number of carboxylic acid groups (broad SMARTS) is 1. The Hall–Kier alpha value is -2.25. The first-order chi connectivity index (χ1) is 10.5. The quantitative estimate of drug-likeness (QED) is 0.832. The Bertz CT molecular complexity index is 599. The largest absolute Gasteiger partial charge is 0.550 e. The topological polar surface area (TPSA) is 78.5 Å². The summed E-state index contributed by atoms with van der Waals surface area (Å²) in [6.45, 7) is 4.82. The zero-order valence-corrected chi connectivity index (χ0v) is 12.9. The summed E-state index contributed by atoms with van der Waals surface area (Å²) in [5.41, 5.74) is -1.09. The lowest BCUT2D eigenvalue weighted by molar-refractivity contribution is -0.306. The van der Waals surface area contributed by atoms with Gasteiger partial charge in [-0.2, -0.15) is 0 Å². The van der Waals surface area contributed by atoms with Crippen molar-refractivity contribution in [3.8, 4) is 0 Å². The number of hydrogen-bond acceptors (Lipinski definition) is 4. The maximum atomic E-state index is 13.6. The second kappa shape index (κ2) is 7.34. The van der Waals surface area contributed by atoms with Crippen LogP contribution in [0.1, 0.15) is 32.8 Å². The van der Waals surface area contributed by atoms with Gasteiger partial charge in [-0.3, -0.25) is 0 Å². The molecule has 0 radical (unpaired) electrons. The molecular weight excluding hydrogens is 315 g/mol. The average Bonchev–Trinajstić information content (AvgIpc) is 2.32. The molecule has 0 aliphatic heterocycles. The zero-order chi connectivity index (χ0) is 17.8. The van der Waals surface area contributed by atoms with Crippen LogP contribution in [0.15, 0.2) is 12.1 Å². The number of hydrogen-bond donors (Lipinski definition) is 1. The first kappa shape index (κ1) is 18.8. The molecule has 5 nitrogen and oxygen atoms in total. The molecule has 0 unspecified atom stereocenters. The minimum absolute atomic E-state index is 0.272. The summed E-state index contributed by atoms with van der Waals surface area (Å²) in [5, 5.41) is 13.0. The SMILES string of the molecule is CC(C)(C)OC(=O)N[C@@H](CC(=O)[O-])Cc1cc(F)c(F)cc1F. The highest BCUT2D eigenvalue weighted by Gasteiger charge is 2.21. The Morgan fingerprint density at radius 1 is 1.17 bits per heavy atom. The van der Waals surface area contributed by atoms with Crippen LogP contribution in [0.2, 0.25) is 0 Å². The van der Waals surface area contributed by atoms with Crippen molar-refractivity contribution in [3.05, 3.63) is 35.1 Å². The molecule has 1 rings (SSSR count). The molecular formula is C15H17F3NO4-. The number of nitrogens with one attached hydrogen (secondary N) is 1. The number of aliphatic carboxylic acids is 1. The van der Waals surface area contributed by atoms with Crippen LogP contribution in [-0.4, -0.2) is 23.7 Å². The Labute approximate surface area is 131 Å². The van der Waals surface area contributed by atoms with Crippen molar-refractivity contribution in [3.63, 3.8) is 0 Å². The molecule has 128 valence electrons. The van der Waals surface area contributed by atoms with E-state index in [-0.39, 0.29) is 12.0 Å². The van der Waals surface area contributed by atoms with E-state index in [1.54, 1.807) is 20.8 Å². The van der Waals surface area contributed by atoms with Gasteiger partial charge in [0, 0.05) is 24.5 Å². The van der Waals surface area contributed by atoms with Crippen molar-refractivity contribution in [2.45, 2.75) is 45.3 Å². The summed E-state index contributed by atoms with van der Waals surface area (Å²) in [5.74, 6) is -5.17. The lowest BCUT2D eigenvalue weighted by atomic mass is 10.0. The number of carbonyl (C=O) groups is 2. The third kappa shape index (κ3) is 6.58. The van der Waals surface area contributed by atoms with Gasteiger partial charge >= 0.3 is 6.09 Å². The summed E-state index contributed by atoms with van der Waals surface area (Å²) in [7, 11) is 0. The summed E-state index contributed by atoms with van der Waals surface area (Å²) in [6.07, 6.45) is -1.92. The molecule has 1 N–H and O–H groups in total. The third-order valence-electron chi connectivity index (χ3n) is 2.69. The van der Waals surface area contributed by atoms with Crippen LogP contribution in [0.3, 0.4) is 0 Å². The van der Waals surface area contributed by atoms with E-state index >= 15 is 0 Å². The normalized spacial score (nSPS) is 12.6. The van der Waals surface area contributed by atoms with E-state index in [4.69, 9.17) is 4.74 Å². The molecule has 1 amide bonds. The molecule has 0 aromatic heterocycles. The Morgan fingerprint density at radius 2 is 1.74 bits per heavy atom. The predicted octanol–water partition coefficient (Wildman–Crippen LogP) is 1.68. The second-order valence-electron chi connectivity index (χ2n) is 5.98. The lowest BCUT2D eigenvalue weighted by Gasteiger charge is -2.24. The van der Waals surface area contributed by atoms with Gasteiger partial charge < -0.3 is 20.0 Å². The Kier molecular flexibility index (Phi) is 6.00. The van der Waals surface area contributed by atoms with Crippen molar-refractivity contribution in [2.75, 3.05) is 0 Å². The Morgan fingerprint density at radius 3 is 2.26 bits per heavy atom. The first-order valence-electron chi connectivity index (χ1n) is 6.80. The van der Waals surface area contributed by atoms with E-state index in [0.717, 1.165) is 0 Å². The van der Waals surface area contributed by atoms with Gasteiger partial charge in [0.1, 0.15) is 11.4 Å². The van der Waals surface area contributed by atoms with E-state index in [9.17, 15) is 27.9 Å². The van der Waals surface area contributed by atoms with E-state index in [0.29, 0.717) is 12.1 Å². The summed E-state index contributed by atoms with van der Waals surface area (Å²) < 4.78 is 44.7. The fourth-order valence-corrected chi connectivity index (χ4v) is 1.84. The highest BCUT2D eigenvalue weighted by Crippen LogP contribution is 2.16. The molecule has 0 heterocycles. The molecule has 1 aromatic rings. The molecule has 0 saturated carbocycles. The van der Waals surface area contributed by atoms with Gasteiger partial charge in [0.2, 0.25) is 0 Å². The van der Waals surface area contributed by atoms with Gasteiger partial charge in [-0.1, -0.05) is 0 Å². The highest BCUT2D eigenvalue weighted by molar-refractivity contribution is 5.70. The first-order valence-corrected chi connectivity index (χ1v) is 6.80. The standard InChI is InChI=1S/C15H18F3NO4/c1-15(2,3)23-14(22)19-9(6-13(20)21)4-8-5-11(17)12(18)7-10(8)16/h5,7,9H,4,6H2,1-3H3,(H,19,22)(H,20,21)/p-1/t9-/m1/s1. The minimum Gasteiger partial charge on any atom is -0.550 e. The van der Waals surface area contributed by atoms with Gasteiger partial charge in [0.25, 0.3) is 0 Å². The van der Waals surface area contributed by atoms with E-state index < -0.39 is 47.6 Å². The molecule has 1 aromatic carbocycles. The molecule has 0 fully saturated rings. The zero-order valence-electron chi connectivity index (χ0n) is 12.9. The molecule has 0 aliphatic carbocycles. The van der Waals surface area contributed by atoms with E-state index in [2.05, 4.69) is 5.32 Å². The van der Waals surface area contributed by atoms with E-state index in [1.165, 1.54) is 0 Å². The number of rotatable bonds is 5. The smallest absolute Gasteiger partial charge is 0.407 e. The molecule has 0 aliphatic rings. The highest BCUT2D eigenvalue weighted by atomic mass is 19.2. The maximum Gasteiger partial charge on any atom is 0.407 e. The fourth-order valence-electron chi connectivity index (χ4n) is 1.84. The molecule has 1 atom stereocenters. The van der Waals surface area contributed by atoms with Gasteiger partial charge in [-0.15, -0.1) is 0 Å². The van der Waals surface area contributed by atoms with Crippen LogP contribution in [0.5, 0.6) is 0 Å². The number of carboxylic acids is 1. The average molecular weight is 332 g/mol. The third-order valence-corrected chi connectivity index (χ3v) is 2.69. The molecule has 0 bridgehead atoms. The van der Waals surface area contributed by atoms with Gasteiger partial charge in [-0.05, 0) is 38.8 Å². The van der Waals surface area contributed by atoms with Gasteiger partial charge in [0.05, 0.1) is 0 Å². The predicted molar refractivity (Wildman–Crippen MR) is 72.8 cm³/mol. The number of halogens is 3. The van der Waals surface area contributed by atoms with Gasteiger partial charge in [-0.25, -0.2) is 18.0 Å². The number of benzene rings is 1. The van der Waals surface area contributed by atoms with Gasteiger partial charge in [0.15, 0.2) is 11.6 Å². The molecule has 0 spiro atoms. The monoisotopic (exact) mass is 332 g/mol. The molecule has 8 heteroatoms. The lowest BCUT2D eigenvalue weighted by Crippen LogP contribution is -2.43. The van der Waals surface area contributed by atoms with Crippen molar-refractivity contribution in [1.29, 1.82) is 0 Å². The maximum absolute atomic E-state index is 13.6. The van der Waals surface area contributed by atoms with Crippen LogP contribution in [0.25, 0.3) is 0 Å². The van der Waals surface area contributed by atoms with Crippen molar-refractivity contribution in [1.82, 2.24) is 5.32 Å². The van der Waals surface area contributed by atoms with Crippen LogP contribution in [0.4, 0.5) is 18.0 Å². The molecule has 23 heavy (non-hydrogen) atoms. The fraction of sp³-hybridized carbons (Fsp3) is 0.467. The van der Waals surface area contributed by atoms with E-state index in [1.807, 2.05) is 0 Å². The summed E-state index contributed by atoms with van der Waals surface area (Å²) in [4.78, 5) is 22.4. The summed E-state index contributed by atoms with van der Waals surface area (Å²) >= 11 is 0. The summed E-state index contributed by atoms with van der Waals surface area (Å²) in [6, 6.07) is -0.132. The van der Waals surface area contributed by atoms with Crippen molar-refractivity contribution >= 4 is 12.1 Å². The van der Waals surface area contributed by atoms with Crippen molar-refractivity contribution < 1.29 is 32.6 Å². The molecule has 0 saturated heterocycles. The van der Waals surface area contributed by atoms with Crippen LogP contribution < -0.4 is 10.4 Å². The van der Waals surface area contributed by atoms with Crippen molar-refractivity contribution in [2.24, 2.45) is 0 Å². The number of ether oxygens (including phenoxy) is 1. The Balaban J connectivity index is 2.89. The number of carbonyl (C=O) groups excluding carboxylic acids is 2. The number of amides is 1. The van der Waals surface area contributed by atoms with Crippen LogP contribution in [0, 0.1) is 17.5 Å². The van der Waals surface area contributed by atoms with Crippen LogP contribution >= 0.6 is 0 Å². The second-order valence-corrected chi connectivity index (χ2v) is 5.98. The number of alkyl carbamates (subject to hydrolysis) is 1.